The Balaban J connectivity index is 1.34. The first kappa shape index (κ1) is 24.6. The summed E-state index contributed by atoms with van der Waals surface area (Å²) in [7, 11) is 0. The van der Waals surface area contributed by atoms with Crippen molar-refractivity contribution in [2.45, 2.75) is 19.9 Å². The van der Waals surface area contributed by atoms with Crippen LogP contribution < -0.4 is 21.4 Å². The van der Waals surface area contributed by atoms with Crippen LogP contribution in [0.1, 0.15) is 30.4 Å². The highest BCUT2D eigenvalue weighted by Crippen LogP contribution is 2.26. The lowest BCUT2D eigenvalue weighted by Crippen LogP contribution is -2.46. The van der Waals surface area contributed by atoms with Gasteiger partial charge in [-0.25, -0.2) is 4.98 Å². The average molecular weight is 503 g/mol. The monoisotopic (exact) mass is 502 g/mol. The van der Waals surface area contributed by atoms with Gasteiger partial charge in [-0.2, -0.15) is 0 Å². The van der Waals surface area contributed by atoms with E-state index in [2.05, 4.69) is 36.0 Å². The van der Waals surface area contributed by atoms with Crippen molar-refractivity contribution >= 4 is 28.4 Å². The maximum atomic E-state index is 13.1. The third-order valence-corrected chi connectivity index (χ3v) is 6.27. The van der Waals surface area contributed by atoms with Crippen LogP contribution in [0.4, 0.5) is 11.5 Å². The van der Waals surface area contributed by atoms with Gasteiger partial charge >= 0.3 is 0 Å². The molecule has 0 bridgehead atoms. The molecule has 192 valence electrons. The summed E-state index contributed by atoms with van der Waals surface area (Å²) in [5.74, 6) is 0.778. The van der Waals surface area contributed by atoms with Crippen LogP contribution in [0.15, 0.2) is 58.0 Å². The molecule has 3 aromatic heterocycles. The van der Waals surface area contributed by atoms with E-state index in [1.807, 2.05) is 30.5 Å². The molecule has 0 radical (unpaired) electrons. The SMILES string of the molecule is CC(C)n1cnnc1-c1cccc(Nc2cccc3oc(C(=O)NCCN4CCNCC4)cc(=O)c23)n1. The summed E-state index contributed by atoms with van der Waals surface area (Å²) in [6.45, 7) is 9.12. The van der Waals surface area contributed by atoms with Crippen LogP contribution in [0.3, 0.4) is 0 Å². The molecule has 1 aliphatic heterocycles. The zero-order chi connectivity index (χ0) is 25.8. The Morgan fingerprint density at radius 2 is 1.97 bits per heavy atom. The smallest absolute Gasteiger partial charge is 0.287 e. The quantitative estimate of drug-likeness (QED) is 0.332. The minimum absolute atomic E-state index is 0.0110. The largest absolute Gasteiger partial charge is 0.451 e. The number of nitrogens with zero attached hydrogens (tertiary/aromatic N) is 5. The van der Waals surface area contributed by atoms with Gasteiger partial charge in [0.15, 0.2) is 17.0 Å². The van der Waals surface area contributed by atoms with Crippen LogP contribution in [0.25, 0.3) is 22.5 Å². The Morgan fingerprint density at radius 1 is 1.16 bits per heavy atom. The fraction of sp³-hybridized carbons (Fsp3) is 0.346. The molecular weight excluding hydrogens is 472 g/mol. The maximum absolute atomic E-state index is 13.1. The Labute approximate surface area is 213 Å². The summed E-state index contributed by atoms with van der Waals surface area (Å²) < 4.78 is 7.77. The van der Waals surface area contributed by atoms with Crippen molar-refractivity contribution in [2.24, 2.45) is 0 Å². The van der Waals surface area contributed by atoms with E-state index in [-0.39, 0.29) is 17.2 Å². The molecule has 5 rings (SSSR count). The second-order valence-electron chi connectivity index (χ2n) is 9.19. The molecule has 0 unspecified atom stereocenters. The van der Waals surface area contributed by atoms with E-state index in [0.717, 1.165) is 32.7 Å². The Hall–Kier alpha value is -4.09. The molecule has 1 saturated heterocycles. The highest BCUT2D eigenvalue weighted by atomic mass is 16.3. The molecule has 11 nitrogen and oxygen atoms in total. The van der Waals surface area contributed by atoms with Crippen LogP contribution in [0, 0.1) is 0 Å². The molecule has 0 spiro atoms. The number of pyridine rings is 1. The molecule has 3 N–H and O–H groups in total. The van der Waals surface area contributed by atoms with Crippen molar-refractivity contribution in [3.05, 3.63) is 64.8 Å². The molecule has 37 heavy (non-hydrogen) atoms. The van der Waals surface area contributed by atoms with Crippen LogP contribution in [-0.2, 0) is 0 Å². The number of carbonyl (C=O) groups is 1. The third kappa shape index (κ3) is 5.52. The Morgan fingerprint density at radius 3 is 2.78 bits per heavy atom. The van der Waals surface area contributed by atoms with E-state index in [1.165, 1.54) is 6.07 Å². The Kier molecular flexibility index (Phi) is 7.24. The van der Waals surface area contributed by atoms with Crippen LogP contribution in [-0.4, -0.2) is 69.8 Å². The lowest BCUT2D eigenvalue weighted by atomic mass is 10.1. The molecule has 1 aromatic carbocycles. The van der Waals surface area contributed by atoms with Crippen molar-refractivity contribution in [1.29, 1.82) is 0 Å². The van der Waals surface area contributed by atoms with Gasteiger partial charge in [0.05, 0.1) is 11.1 Å². The summed E-state index contributed by atoms with van der Waals surface area (Å²) in [4.78, 5) is 32.7. The Bertz CT molecular complexity index is 1460. The minimum atomic E-state index is -0.406. The molecule has 0 atom stereocenters. The number of nitrogens with one attached hydrogen (secondary N) is 3. The first-order chi connectivity index (χ1) is 18.0. The van der Waals surface area contributed by atoms with E-state index in [9.17, 15) is 9.59 Å². The number of rotatable bonds is 8. The fourth-order valence-electron chi connectivity index (χ4n) is 4.35. The van der Waals surface area contributed by atoms with E-state index in [4.69, 9.17) is 4.42 Å². The summed E-state index contributed by atoms with van der Waals surface area (Å²) >= 11 is 0. The van der Waals surface area contributed by atoms with Crippen LogP contribution in [0.5, 0.6) is 0 Å². The second-order valence-corrected chi connectivity index (χ2v) is 9.19. The molecular formula is C26H30N8O3. The van der Waals surface area contributed by atoms with Gasteiger partial charge in [0.2, 0.25) is 0 Å². The van der Waals surface area contributed by atoms with Crippen molar-refractivity contribution in [3.63, 3.8) is 0 Å². The molecule has 0 aliphatic carbocycles. The third-order valence-electron chi connectivity index (χ3n) is 6.27. The molecule has 11 heteroatoms. The summed E-state index contributed by atoms with van der Waals surface area (Å²) in [5, 5.41) is 17.9. The molecule has 4 aromatic rings. The number of piperazine rings is 1. The number of hydrogen-bond acceptors (Lipinski definition) is 9. The van der Waals surface area contributed by atoms with Crippen molar-refractivity contribution in [3.8, 4) is 11.5 Å². The van der Waals surface area contributed by atoms with E-state index >= 15 is 0 Å². The van der Waals surface area contributed by atoms with E-state index in [0.29, 0.717) is 40.5 Å². The first-order valence-electron chi connectivity index (χ1n) is 12.4. The highest BCUT2D eigenvalue weighted by Gasteiger charge is 2.17. The normalized spacial score (nSPS) is 14.2. The maximum Gasteiger partial charge on any atom is 0.287 e. The van der Waals surface area contributed by atoms with Crippen LogP contribution in [0.2, 0.25) is 0 Å². The summed E-state index contributed by atoms with van der Waals surface area (Å²) in [6.07, 6.45) is 1.68. The predicted molar refractivity (Wildman–Crippen MR) is 141 cm³/mol. The minimum Gasteiger partial charge on any atom is -0.451 e. The molecule has 1 fully saturated rings. The fourth-order valence-corrected chi connectivity index (χ4v) is 4.35. The van der Waals surface area contributed by atoms with Gasteiger partial charge in [0.1, 0.15) is 23.4 Å². The zero-order valence-electron chi connectivity index (χ0n) is 20.9. The first-order valence-corrected chi connectivity index (χ1v) is 12.4. The molecule has 0 saturated carbocycles. The van der Waals surface area contributed by atoms with E-state index in [1.54, 1.807) is 30.6 Å². The van der Waals surface area contributed by atoms with Gasteiger partial charge in [-0.1, -0.05) is 12.1 Å². The second kappa shape index (κ2) is 10.9. The van der Waals surface area contributed by atoms with Crippen LogP contribution >= 0.6 is 0 Å². The molecule has 1 amide bonds. The number of anilines is 2. The van der Waals surface area contributed by atoms with Crippen molar-refractivity contribution in [1.82, 2.24) is 35.3 Å². The molecule has 1 aliphatic rings. The average Bonchev–Trinajstić information content (AvgIpc) is 3.40. The highest BCUT2D eigenvalue weighted by molar-refractivity contribution is 5.96. The van der Waals surface area contributed by atoms with E-state index < -0.39 is 5.91 Å². The summed E-state index contributed by atoms with van der Waals surface area (Å²) in [5.41, 5.74) is 1.20. The topological polar surface area (TPSA) is 130 Å². The number of benzene rings is 1. The van der Waals surface area contributed by atoms with Gasteiger partial charge in [0, 0.05) is 51.4 Å². The number of hydrogen-bond donors (Lipinski definition) is 3. The van der Waals surface area contributed by atoms with Gasteiger partial charge in [-0.05, 0) is 38.1 Å². The summed E-state index contributed by atoms with van der Waals surface area (Å²) in [6, 6.07) is 12.2. The lowest BCUT2D eigenvalue weighted by molar-refractivity contribution is 0.0920. The van der Waals surface area contributed by atoms with Gasteiger partial charge in [0.25, 0.3) is 5.91 Å². The standard InChI is InChI=1S/C26H30N8O3/c1-17(2)34-16-29-32-25(34)19-6-4-8-23(31-19)30-18-5-3-7-21-24(18)20(35)15-22(37-21)26(36)28-11-14-33-12-9-27-10-13-33/h3-8,15-17,27H,9-14H2,1-2H3,(H,28,36)(H,30,31). The number of aromatic nitrogens is 4. The van der Waals surface area contributed by atoms with Crippen molar-refractivity contribution in [2.75, 3.05) is 44.6 Å². The van der Waals surface area contributed by atoms with Gasteiger partial charge in [-0.3, -0.25) is 14.5 Å². The van der Waals surface area contributed by atoms with Crippen molar-refractivity contribution < 1.29 is 9.21 Å². The number of carbonyl (C=O) groups excluding carboxylic acids is 1. The molecule has 4 heterocycles. The zero-order valence-corrected chi connectivity index (χ0v) is 20.9. The van der Waals surface area contributed by atoms with Gasteiger partial charge < -0.3 is 24.9 Å². The number of amides is 1. The number of fused-ring (bicyclic) bond motifs is 1. The van der Waals surface area contributed by atoms with Gasteiger partial charge in [-0.15, -0.1) is 10.2 Å². The lowest BCUT2D eigenvalue weighted by Gasteiger charge is -2.26. The predicted octanol–water partition coefficient (Wildman–Crippen LogP) is 2.41.